The third-order valence-electron chi connectivity index (χ3n) is 6.41. The molecule has 3 aromatic carbocycles. The van der Waals surface area contributed by atoms with Crippen LogP contribution in [0.2, 0.25) is 0 Å². The lowest BCUT2D eigenvalue weighted by atomic mass is 9.91. The number of nitrogens with one attached hydrogen (secondary N) is 2. The number of hydrogen-bond donors (Lipinski definition) is 2. The number of hydrogen-bond acceptors (Lipinski definition) is 2. The lowest BCUT2D eigenvalue weighted by Gasteiger charge is -2.36. The molecular formula is C27H21FN4O. The summed E-state index contributed by atoms with van der Waals surface area (Å²) in [6.07, 6.45) is 4.09. The van der Waals surface area contributed by atoms with E-state index in [0.717, 1.165) is 27.7 Å². The van der Waals surface area contributed by atoms with E-state index >= 15 is 4.39 Å². The highest BCUT2D eigenvalue weighted by molar-refractivity contribution is 6.01. The van der Waals surface area contributed by atoms with Crippen molar-refractivity contribution in [2.75, 3.05) is 6.54 Å². The van der Waals surface area contributed by atoms with E-state index in [4.69, 9.17) is 0 Å². The molecule has 0 saturated heterocycles. The number of rotatable bonds is 3. The molecule has 0 spiro atoms. The van der Waals surface area contributed by atoms with Crippen LogP contribution >= 0.6 is 0 Å². The van der Waals surface area contributed by atoms with Gasteiger partial charge in [-0.25, -0.2) is 9.37 Å². The molecule has 1 amide bonds. The predicted octanol–water partition coefficient (Wildman–Crippen LogP) is 5.49. The van der Waals surface area contributed by atoms with Crippen molar-refractivity contribution in [1.29, 1.82) is 0 Å². The predicted molar refractivity (Wildman–Crippen MR) is 125 cm³/mol. The standard InChI is InChI=1S/C27H21FN4O/c28-22-11-5-3-10-21(22)25-24-18(17-7-4-6-12-23(17)31-24)13-16-32(25)27(33)20-9-2-1-8-19(20)26-29-14-15-30-26/h1-12,14-15,25,31H,13,16H2,(H,29,30)/t25-/m0/s1. The molecular weight excluding hydrogens is 415 g/mol. The van der Waals surface area contributed by atoms with Gasteiger partial charge in [0.25, 0.3) is 5.91 Å². The van der Waals surface area contributed by atoms with Crippen molar-refractivity contribution >= 4 is 16.8 Å². The van der Waals surface area contributed by atoms with Crippen molar-refractivity contribution in [3.05, 3.63) is 113 Å². The normalized spacial score (nSPS) is 15.5. The zero-order chi connectivity index (χ0) is 22.4. The number of fused-ring (bicyclic) bond motifs is 3. The Bertz CT molecular complexity index is 1470. The first-order valence-electron chi connectivity index (χ1n) is 11.0. The summed E-state index contributed by atoms with van der Waals surface area (Å²) >= 11 is 0. The number of halogens is 1. The zero-order valence-electron chi connectivity index (χ0n) is 17.8. The summed E-state index contributed by atoms with van der Waals surface area (Å²) < 4.78 is 15.1. The number of para-hydroxylation sites is 1. The minimum atomic E-state index is -0.556. The summed E-state index contributed by atoms with van der Waals surface area (Å²) in [6.45, 7) is 0.485. The van der Waals surface area contributed by atoms with E-state index in [2.05, 4.69) is 21.0 Å². The van der Waals surface area contributed by atoms with Crippen molar-refractivity contribution in [1.82, 2.24) is 19.9 Å². The fraction of sp³-hybridized carbons (Fsp3) is 0.111. The maximum Gasteiger partial charge on any atom is 0.255 e. The van der Waals surface area contributed by atoms with Crippen molar-refractivity contribution in [3.8, 4) is 11.4 Å². The first kappa shape index (κ1) is 19.5. The fourth-order valence-electron chi connectivity index (χ4n) is 4.92. The Hall–Kier alpha value is -4.19. The lowest BCUT2D eigenvalue weighted by Crippen LogP contribution is -2.41. The van der Waals surface area contributed by atoms with Gasteiger partial charge in [-0.3, -0.25) is 4.79 Å². The molecule has 1 aliphatic rings. The number of imidazole rings is 1. The number of amides is 1. The van der Waals surface area contributed by atoms with Crippen LogP contribution < -0.4 is 0 Å². The van der Waals surface area contributed by atoms with Crippen LogP contribution in [0.5, 0.6) is 0 Å². The van der Waals surface area contributed by atoms with Gasteiger partial charge in [0.05, 0.1) is 5.56 Å². The molecule has 1 atom stereocenters. The highest BCUT2D eigenvalue weighted by Gasteiger charge is 2.37. The van der Waals surface area contributed by atoms with Gasteiger partial charge in [-0.05, 0) is 30.2 Å². The second-order valence-corrected chi connectivity index (χ2v) is 8.22. The number of aromatic amines is 2. The Morgan fingerprint density at radius 3 is 2.64 bits per heavy atom. The van der Waals surface area contributed by atoms with Crippen LogP contribution in [0, 0.1) is 5.82 Å². The van der Waals surface area contributed by atoms with Gasteiger partial charge < -0.3 is 14.9 Å². The maximum atomic E-state index is 15.1. The molecule has 1 aliphatic heterocycles. The van der Waals surface area contributed by atoms with E-state index in [9.17, 15) is 4.79 Å². The fourth-order valence-corrected chi connectivity index (χ4v) is 4.92. The Balaban J connectivity index is 1.52. The van der Waals surface area contributed by atoms with Crippen LogP contribution in [0.4, 0.5) is 4.39 Å². The maximum absolute atomic E-state index is 15.1. The van der Waals surface area contributed by atoms with Gasteiger partial charge in [0.15, 0.2) is 0 Å². The SMILES string of the molecule is O=C(c1ccccc1-c1ncc[nH]1)N1CCc2c([nH]c3ccccc23)[C@@H]1c1ccccc1F. The summed E-state index contributed by atoms with van der Waals surface area (Å²) in [5, 5.41) is 1.12. The monoisotopic (exact) mass is 436 g/mol. The smallest absolute Gasteiger partial charge is 0.255 e. The Labute approximate surface area is 189 Å². The van der Waals surface area contributed by atoms with Crippen LogP contribution in [-0.4, -0.2) is 32.3 Å². The molecule has 5 aromatic rings. The first-order valence-corrected chi connectivity index (χ1v) is 11.0. The summed E-state index contributed by atoms with van der Waals surface area (Å²) in [5.74, 6) is 0.149. The molecule has 0 saturated carbocycles. The molecule has 2 N–H and O–H groups in total. The van der Waals surface area contributed by atoms with Crippen molar-refractivity contribution in [2.24, 2.45) is 0 Å². The van der Waals surface area contributed by atoms with Gasteiger partial charge >= 0.3 is 0 Å². The quantitative estimate of drug-likeness (QED) is 0.393. The Kier molecular flexibility index (Phi) is 4.57. The molecule has 6 heteroatoms. The molecule has 0 fully saturated rings. The number of H-pyrrole nitrogens is 2. The second kappa shape index (κ2) is 7.74. The third-order valence-corrected chi connectivity index (χ3v) is 6.41. The molecule has 162 valence electrons. The van der Waals surface area contributed by atoms with E-state index in [1.54, 1.807) is 35.5 Å². The molecule has 6 rings (SSSR count). The zero-order valence-corrected chi connectivity index (χ0v) is 17.8. The molecule has 0 radical (unpaired) electrons. The number of carbonyl (C=O) groups excluding carboxylic acids is 1. The molecule has 0 unspecified atom stereocenters. The van der Waals surface area contributed by atoms with Crippen LogP contribution in [0.1, 0.15) is 33.2 Å². The number of nitrogens with zero attached hydrogens (tertiary/aromatic N) is 2. The van der Waals surface area contributed by atoms with E-state index < -0.39 is 6.04 Å². The Morgan fingerprint density at radius 2 is 1.79 bits per heavy atom. The topological polar surface area (TPSA) is 64.8 Å². The van der Waals surface area contributed by atoms with Crippen LogP contribution in [0.25, 0.3) is 22.3 Å². The lowest BCUT2D eigenvalue weighted by molar-refractivity contribution is 0.0690. The summed E-state index contributed by atoms with van der Waals surface area (Å²) in [6, 6.07) is 21.6. The second-order valence-electron chi connectivity index (χ2n) is 8.22. The van der Waals surface area contributed by atoms with Crippen molar-refractivity contribution in [2.45, 2.75) is 12.5 Å². The molecule has 2 aromatic heterocycles. The van der Waals surface area contributed by atoms with E-state index in [0.29, 0.717) is 29.9 Å². The molecule has 5 nitrogen and oxygen atoms in total. The van der Waals surface area contributed by atoms with Gasteiger partial charge in [-0.1, -0.05) is 54.6 Å². The highest BCUT2D eigenvalue weighted by Crippen LogP contribution is 2.40. The first-order chi connectivity index (χ1) is 16.2. The molecule has 0 aliphatic carbocycles. The number of aromatic nitrogens is 3. The summed E-state index contributed by atoms with van der Waals surface area (Å²) in [5.41, 5.74) is 4.75. The average Bonchev–Trinajstić information content (AvgIpc) is 3.52. The van der Waals surface area contributed by atoms with Crippen molar-refractivity contribution in [3.63, 3.8) is 0 Å². The minimum absolute atomic E-state index is 0.153. The number of benzene rings is 3. The van der Waals surface area contributed by atoms with Crippen LogP contribution in [0.15, 0.2) is 85.2 Å². The van der Waals surface area contributed by atoms with Gasteiger partial charge in [0, 0.05) is 46.7 Å². The van der Waals surface area contributed by atoms with E-state index in [1.807, 2.05) is 42.5 Å². The summed E-state index contributed by atoms with van der Waals surface area (Å²) in [7, 11) is 0. The van der Waals surface area contributed by atoms with Gasteiger partial charge in [0.2, 0.25) is 0 Å². The Morgan fingerprint density at radius 1 is 1.00 bits per heavy atom. The van der Waals surface area contributed by atoms with Gasteiger partial charge in [-0.2, -0.15) is 0 Å². The van der Waals surface area contributed by atoms with Crippen molar-refractivity contribution < 1.29 is 9.18 Å². The minimum Gasteiger partial charge on any atom is -0.356 e. The molecule has 33 heavy (non-hydrogen) atoms. The third kappa shape index (κ3) is 3.14. The molecule has 0 bridgehead atoms. The van der Waals surface area contributed by atoms with Crippen LogP contribution in [-0.2, 0) is 6.42 Å². The molecule has 3 heterocycles. The van der Waals surface area contributed by atoms with Gasteiger partial charge in [-0.15, -0.1) is 0 Å². The number of carbonyl (C=O) groups is 1. The summed E-state index contributed by atoms with van der Waals surface area (Å²) in [4.78, 5) is 26.7. The van der Waals surface area contributed by atoms with Crippen LogP contribution in [0.3, 0.4) is 0 Å². The highest BCUT2D eigenvalue weighted by atomic mass is 19.1. The average molecular weight is 436 g/mol. The van der Waals surface area contributed by atoms with Gasteiger partial charge in [0.1, 0.15) is 17.7 Å². The van der Waals surface area contributed by atoms with E-state index in [1.165, 1.54) is 6.07 Å². The van der Waals surface area contributed by atoms with E-state index in [-0.39, 0.29) is 11.7 Å². The largest absolute Gasteiger partial charge is 0.356 e.